The molecule has 6 heteroatoms. The number of carbonyl (C=O) groups excluding carboxylic acids is 1. The molecule has 0 bridgehead atoms. The van der Waals surface area contributed by atoms with Crippen molar-refractivity contribution in [3.63, 3.8) is 0 Å². The lowest BCUT2D eigenvalue weighted by Gasteiger charge is -2.21. The Balaban J connectivity index is 1.97. The van der Waals surface area contributed by atoms with Gasteiger partial charge in [-0.05, 0) is 38.5 Å². The van der Waals surface area contributed by atoms with E-state index in [1.807, 2.05) is 20.8 Å². The van der Waals surface area contributed by atoms with Gasteiger partial charge in [-0.25, -0.2) is 9.18 Å². The standard InChI is InChI=1S/C16H20FN3O2/c1-10(13-5-7-14(17)8-6-13)18-16(21)20(4)9-15-11(2)19-22-12(15)3/h5-8,10H,9H2,1-4H3,(H,18,21)/t10-/m0/s1. The molecular weight excluding hydrogens is 285 g/mol. The Bertz CT molecular complexity index is 632. The molecule has 2 rings (SSSR count). The second-order valence-corrected chi connectivity index (χ2v) is 5.38. The van der Waals surface area contributed by atoms with Crippen molar-refractivity contribution in [2.75, 3.05) is 7.05 Å². The first-order valence-electron chi connectivity index (χ1n) is 7.07. The number of aryl methyl sites for hydroxylation is 2. The summed E-state index contributed by atoms with van der Waals surface area (Å²) < 4.78 is 18.0. The second-order valence-electron chi connectivity index (χ2n) is 5.38. The van der Waals surface area contributed by atoms with E-state index in [0.29, 0.717) is 12.3 Å². The van der Waals surface area contributed by atoms with E-state index in [4.69, 9.17) is 4.52 Å². The van der Waals surface area contributed by atoms with Gasteiger partial charge in [-0.1, -0.05) is 17.3 Å². The van der Waals surface area contributed by atoms with Crippen molar-refractivity contribution in [1.82, 2.24) is 15.4 Å². The lowest BCUT2D eigenvalue weighted by molar-refractivity contribution is 0.203. The summed E-state index contributed by atoms with van der Waals surface area (Å²) in [5.74, 6) is 0.418. The molecule has 1 atom stereocenters. The zero-order valence-corrected chi connectivity index (χ0v) is 13.2. The average Bonchev–Trinajstić information content (AvgIpc) is 2.79. The predicted octanol–water partition coefficient (Wildman–Crippen LogP) is 3.33. The van der Waals surface area contributed by atoms with E-state index in [0.717, 1.165) is 16.8 Å². The smallest absolute Gasteiger partial charge is 0.317 e. The third-order valence-corrected chi connectivity index (χ3v) is 3.63. The van der Waals surface area contributed by atoms with Crippen LogP contribution in [0.15, 0.2) is 28.8 Å². The summed E-state index contributed by atoms with van der Waals surface area (Å²) in [4.78, 5) is 13.8. The Morgan fingerprint density at radius 2 is 2.00 bits per heavy atom. The van der Waals surface area contributed by atoms with Crippen molar-refractivity contribution in [3.05, 3.63) is 52.7 Å². The zero-order chi connectivity index (χ0) is 16.3. The van der Waals surface area contributed by atoms with Crippen molar-refractivity contribution in [2.24, 2.45) is 0 Å². The number of nitrogens with zero attached hydrogens (tertiary/aromatic N) is 2. The summed E-state index contributed by atoms with van der Waals surface area (Å²) in [5, 5.41) is 6.76. The molecule has 5 nitrogen and oxygen atoms in total. The fourth-order valence-corrected chi connectivity index (χ4v) is 2.17. The van der Waals surface area contributed by atoms with Crippen molar-refractivity contribution >= 4 is 6.03 Å². The van der Waals surface area contributed by atoms with Crippen LogP contribution in [0.4, 0.5) is 9.18 Å². The molecule has 2 aromatic rings. The molecule has 1 aromatic heterocycles. The van der Waals surface area contributed by atoms with E-state index in [1.165, 1.54) is 12.1 Å². The number of nitrogens with one attached hydrogen (secondary N) is 1. The van der Waals surface area contributed by atoms with Crippen molar-refractivity contribution in [3.8, 4) is 0 Å². The number of rotatable bonds is 4. The molecule has 0 saturated carbocycles. The van der Waals surface area contributed by atoms with Gasteiger partial charge in [0.1, 0.15) is 11.6 Å². The Morgan fingerprint density at radius 1 is 1.36 bits per heavy atom. The van der Waals surface area contributed by atoms with E-state index in [9.17, 15) is 9.18 Å². The third-order valence-electron chi connectivity index (χ3n) is 3.63. The highest BCUT2D eigenvalue weighted by Gasteiger charge is 2.17. The fraction of sp³-hybridized carbons (Fsp3) is 0.375. The maximum atomic E-state index is 12.9. The molecule has 22 heavy (non-hydrogen) atoms. The maximum Gasteiger partial charge on any atom is 0.317 e. The third kappa shape index (κ3) is 3.63. The van der Waals surface area contributed by atoms with Gasteiger partial charge in [0.05, 0.1) is 18.3 Å². The lowest BCUT2D eigenvalue weighted by atomic mass is 10.1. The van der Waals surface area contributed by atoms with Crippen LogP contribution in [-0.4, -0.2) is 23.1 Å². The molecule has 0 fully saturated rings. The Hall–Kier alpha value is -2.37. The van der Waals surface area contributed by atoms with E-state index in [2.05, 4.69) is 10.5 Å². The summed E-state index contributed by atoms with van der Waals surface area (Å²) in [6.45, 7) is 5.94. The average molecular weight is 305 g/mol. The Labute approximate surface area is 129 Å². The quantitative estimate of drug-likeness (QED) is 0.942. The van der Waals surface area contributed by atoms with Gasteiger partial charge in [0.25, 0.3) is 0 Å². The predicted molar refractivity (Wildman–Crippen MR) is 80.8 cm³/mol. The molecule has 0 aliphatic rings. The van der Waals surface area contributed by atoms with E-state index >= 15 is 0 Å². The number of carbonyl (C=O) groups is 1. The van der Waals surface area contributed by atoms with E-state index in [1.54, 1.807) is 24.1 Å². The van der Waals surface area contributed by atoms with Gasteiger partial charge in [-0.15, -0.1) is 0 Å². The molecular formula is C16H20FN3O2. The second kappa shape index (κ2) is 6.60. The summed E-state index contributed by atoms with van der Waals surface area (Å²) in [6.07, 6.45) is 0. The molecule has 2 amide bonds. The van der Waals surface area contributed by atoms with Crippen LogP contribution in [0.1, 0.15) is 35.5 Å². The number of urea groups is 1. The first-order chi connectivity index (χ1) is 10.4. The first kappa shape index (κ1) is 16.0. The largest absolute Gasteiger partial charge is 0.361 e. The van der Waals surface area contributed by atoms with Gasteiger partial charge in [0.15, 0.2) is 0 Å². The number of aromatic nitrogens is 1. The number of amides is 2. The van der Waals surface area contributed by atoms with Crippen LogP contribution in [-0.2, 0) is 6.54 Å². The number of benzene rings is 1. The minimum Gasteiger partial charge on any atom is -0.361 e. The first-order valence-corrected chi connectivity index (χ1v) is 7.07. The van der Waals surface area contributed by atoms with Crippen LogP contribution in [0.25, 0.3) is 0 Å². The number of hydrogen-bond donors (Lipinski definition) is 1. The topological polar surface area (TPSA) is 58.4 Å². The minimum atomic E-state index is -0.294. The van der Waals surface area contributed by atoms with E-state index < -0.39 is 0 Å². The molecule has 0 aliphatic heterocycles. The zero-order valence-electron chi connectivity index (χ0n) is 13.2. The molecule has 118 valence electrons. The highest BCUT2D eigenvalue weighted by atomic mass is 19.1. The molecule has 0 aliphatic carbocycles. The van der Waals surface area contributed by atoms with Gasteiger partial charge in [0, 0.05) is 12.6 Å². The van der Waals surface area contributed by atoms with Crippen LogP contribution in [0.2, 0.25) is 0 Å². The molecule has 0 radical (unpaired) electrons. The normalized spacial score (nSPS) is 12.0. The van der Waals surface area contributed by atoms with Crippen LogP contribution >= 0.6 is 0 Å². The molecule has 1 aromatic carbocycles. The summed E-state index contributed by atoms with van der Waals surface area (Å²) in [7, 11) is 1.71. The summed E-state index contributed by atoms with van der Waals surface area (Å²) >= 11 is 0. The van der Waals surface area contributed by atoms with Crippen LogP contribution in [0, 0.1) is 19.7 Å². The SMILES string of the molecule is Cc1noc(C)c1CN(C)C(=O)N[C@@H](C)c1ccc(F)cc1. The summed E-state index contributed by atoms with van der Waals surface area (Å²) in [5.41, 5.74) is 2.54. The van der Waals surface area contributed by atoms with Gasteiger partial charge >= 0.3 is 6.03 Å². The van der Waals surface area contributed by atoms with Crippen LogP contribution in [0.3, 0.4) is 0 Å². The van der Waals surface area contributed by atoms with Gasteiger partial charge in [-0.2, -0.15) is 0 Å². The maximum absolute atomic E-state index is 12.9. The minimum absolute atomic E-state index is 0.208. The van der Waals surface area contributed by atoms with Gasteiger partial charge in [-0.3, -0.25) is 0 Å². The van der Waals surface area contributed by atoms with Gasteiger partial charge < -0.3 is 14.7 Å². The Morgan fingerprint density at radius 3 is 2.55 bits per heavy atom. The summed E-state index contributed by atoms with van der Waals surface area (Å²) in [6, 6.07) is 5.66. The molecule has 0 saturated heterocycles. The molecule has 0 spiro atoms. The van der Waals surface area contributed by atoms with Crippen LogP contribution < -0.4 is 5.32 Å². The number of halogens is 1. The van der Waals surface area contributed by atoms with Gasteiger partial charge in [0.2, 0.25) is 0 Å². The van der Waals surface area contributed by atoms with E-state index in [-0.39, 0.29) is 17.9 Å². The van der Waals surface area contributed by atoms with Crippen molar-refractivity contribution < 1.29 is 13.7 Å². The van der Waals surface area contributed by atoms with Crippen molar-refractivity contribution in [2.45, 2.75) is 33.4 Å². The highest BCUT2D eigenvalue weighted by Crippen LogP contribution is 2.16. The van der Waals surface area contributed by atoms with Crippen LogP contribution in [0.5, 0.6) is 0 Å². The van der Waals surface area contributed by atoms with Crippen molar-refractivity contribution in [1.29, 1.82) is 0 Å². The fourth-order valence-electron chi connectivity index (χ4n) is 2.17. The number of hydrogen-bond acceptors (Lipinski definition) is 3. The monoisotopic (exact) mass is 305 g/mol. The molecule has 1 N–H and O–H groups in total. The molecule has 1 heterocycles. The Kier molecular flexibility index (Phi) is 4.80. The highest BCUT2D eigenvalue weighted by molar-refractivity contribution is 5.74. The molecule has 0 unspecified atom stereocenters. The lowest BCUT2D eigenvalue weighted by Crippen LogP contribution is -2.38.